The summed E-state index contributed by atoms with van der Waals surface area (Å²) in [5.41, 5.74) is 4.30. The number of oxime groups is 1. The molecule has 1 aromatic rings. The summed E-state index contributed by atoms with van der Waals surface area (Å²) in [6, 6.07) is -0.804. The number of hydrogen-bond acceptors (Lipinski definition) is 9. The average Bonchev–Trinajstić information content (AvgIpc) is 3.05. The number of hydrogen-bond donors (Lipinski definition) is 4. The van der Waals surface area contributed by atoms with Crippen molar-refractivity contribution in [2.24, 2.45) is 10.6 Å². The van der Waals surface area contributed by atoms with E-state index < -0.39 is 23.3 Å². The molecule has 2 amide bonds. The van der Waals surface area contributed by atoms with Crippen LogP contribution >= 0.6 is 45.7 Å². The van der Waals surface area contributed by atoms with Gasteiger partial charge >= 0.3 is 5.97 Å². The maximum atomic E-state index is 12.4. The molecule has 2 fully saturated rings. The van der Waals surface area contributed by atoms with E-state index in [1.807, 2.05) is 22.6 Å². The van der Waals surface area contributed by atoms with Crippen LogP contribution in [0.1, 0.15) is 5.69 Å². The van der Waals surface area contributed by atoms with Crippen LogP contribution in [0.2, 0.25) is 0 Å². The quantitative estimate of drug-likeness (QED) is 0.106. The lowest BCUT2D eigenvalue weighted by atomic mass is 9.89. The number of aromatic nitrogens is 1. The highest BCUT2D eigenvalue weighted by Gasteiger charge is 2.57. The third kappa shape index (κ3) is 3.11. The fourth-order valence-corrected chi connectivity index (χ4v) is 6.01. The zero-order chi connectivity index (χ0) is 19.1. The van der Waals surface area contributed by atoms with E-state index in [4.69, 9.17) is 10.9 Å². The number of anilines is 1. The fraction of sp³-hybridized carbons (Fsp3) is 0.462. The Bertz CT molecular complexity index is 802. The third-order valence-corrected chi connectivity index (χ3v) is 7.94. The zero-order valence-electron chi connectivity index (χ0n) is 13.1. The number of rotatable bonds is 5. The van der Waals surface area contributed by atoms with E-state index in [2.05, 4.69) is 15.5 Å². The molecule has 2 aliphatic rings. The van der Waals surface area contributed by atoms with Crippen LogP contribution in [0.25, 0.3) is 0 Å². The number of nitrogen functional groups attached to an aromatic ring is 1. The van der Waals surface area contributed by atoms with Crippen molar-refractivity contribution in [2.45, 2.75) is 11.4 Å². The Morgan fingerprint density at radius 1 is 1.58 bits per heavy atom. The lowest BCUT2D eigenvalue weighted by molar-refractivity contribution is -0.157. The topological polar surface area (TPSA) is 158 Å². The smallest absolute Gasteiger partial charge is 0.313 e. The number of carbonyl (C=O) groups excluding carboxylic acids is 2. The second kappa shape index (κ2) is 7.19. The summed E-state index contributed by atoms with van der Waals surface area (Å²) in [4.78, 5) is 41.6. The van der Waals surface area contributed by atoms with Gasteiger partial charge in [0.25, 0.3) is 5.91 Å². The van der Waals surface area contributed by atoms with Gasteiger partial charge in [-0.3, -0.25) is 14.4 Å². The molecule has 0 bridgehead atoms. The number of carboxylic acid groups (broad SMARTS) is 1. The van der Waals surface area contributed by atoms with Gasteiger partial charge in [0.2, 0.25) is 5.91 Å². The van der Waals surface area contributed by atoms with Crippen molar-refractivity contribution in [3.8, 4) is 0 Å². The van der Waals surface area contributed by atoms with E-state index in [9.17, 15) is 19.5 Å². The van der Waals surface area contributed by atoms with Gasteiger partial charge in [-0.15, -0.1) is 23.1 Å². The van der Waals surface area contributed by atoms with E-state index in [1.54, 1.807) is 0 Å². The summed E-state index contributed by atoms with van der Waals surface area (Å²) in [6.45, 7) is 0.109. The highest BCUT2D eigenvalue weighted by molar-refractivity contribution is 14.1. The van der Waals surface area contributed by atoms with Gasteiger partial charge in [0.05, 0.1) is 0 Å². The number of carbonyl (C=O) groups is 3. The van der Waals surface area contributed by atoms with Crippen LogP contribution in [-0.2, 0) is 14.4 Å². The van der Waals surface area contributed by atoms with Crippen LogP contribution in [0, 0.1) is 5.41 Å². The van der Waals surface area contributed by atoms with E-state index in [-0.39, 0.29) is 34.4 Å². The number of aliphatic carboxylic acids is 1. The molecular formula is C13H14IN5O5S2. The Hall–Kier alpha value is -1.61. The number of β-lactam (4-membered cyclic amide) rings is 1. The zero-order valence-corrected chi connectivity index (χ0v) is 16.9. The first kappa shape index (κ1) is 19.2. The summed E-state index contributed by atoms with van der Waals surface area (Å²) in [5.74, 6) is -1.70. The summed E-state index contributed by atoms with van der Waals surface area (Å²) in [5, 5.41) is 25.4. The van der Waals surface area contributed by atoms with Gasteiger partial charge in [-0.25, -0.2) is 4.98 Å². The first-order chi connectivity index (χ1) is 12.3. The molecule has 2 unspecified atom stereocenters. The summed E-state index contributed by atoms with van der Waals surface area (Å²) < 4.78 is 0.382. The minimum absolute atomic E-state index is 0.109. The van der Waals surface area contributed by atoms with Gasteiger partial charge in [-0.2, -0.15) is 0 Å². The van der Waals surface area contributed by atoms with Crippen molar-refractivity contribution in [3.63, 3.8) is 0 Å². The van der Waals surface area contributed by atoms with Crippen LogP contribution in [-0.4, -0.2) is 71.8 Å². The SMILES string of the molecule is Nc1nc(C(=NO)C(=O)NC2C(=O)N3CC(CI)(C(=O)O)CS[C@H]23)cs1. The standard InChI is InChI=1S/C13H14IN5O5S2/c14-2-13(11(22)23)3-19-9(21)7(10(19)26-4-13)17-8(20)6(18-24)5-1-25-12(15)16-5/h1,7,10,24H,2-4H2,(H2,15,16)(H,17,20)(H,22,23)/t7?,10-,13?/m1/s1. The van der Waals surface area contributed by atoms with Crippen molar-refractivity contribution in [2.75, 3.05) is 22.5 Å². The highest BCUT2D eigenvalue weighted by Crippen LogP contribution is 2.43. The molecule has 0 aliphatic carbocycles. The molecule has 26 heavy (non-hydrogen) atoms. The maximum Gasteiger partial charge on any atom is 0.313 e. The third-order valence-electron chi connectivity index (χ3n) is 4.22. The van der Waals surface area contributed by atoms with Gasteiger partial charge in [0.1, 0.15) is 22.5 Å². The molecule has 0 saturated carbocycles. The summed E-state index contributed by atoms with van der Waals surface area (Å²) in [7, 11) is 0. The predicted molar refractivity (Wildman–Crippen MR) is 104 cm³/mol. The largest absolute Gasteiger partial charge is 0.481 e. The van der Waals surface area contributed by atoms with E-state index in [1.165, 1.54) is 22.0 Å². The molecule has 5 N–H and O–H groups in total. The number of thioether (sulfide) groups is 1. The Labute approximate surface area is 169 Å². The van der Waals surface area contributed by atoms with Crippen molar-refractivity contribution in [1.29, 1.82) is 0 Å². The molecule has 0 radical (unpaired) electrons. The Morgan fingerprint density at radius 2 is 2.31 bits per heavy atom. The first-order valence-corrected chi connectivity index (χ1v) is 10.7. The van der Waals surface area contributed by atoms with Gasteiger partial charge in [0.15, 0.2) is 10.8 Å². The van der Waals surface area contributed by atoms with Crippen LogP contribution < -0.4 is 11.1 Å². The van der Waals surface area contributed by atoms with Crippen LogP contribution in [0.15, 0.2) is 10.5 Å². The van der Waals surface area contributed by atoms with Crippen molar-refractivity contribution >= 4 is 74.3 Å². The van der Waals surface area contributed by atoms with Crippen molar-refractivity contribution in [3.05, 3.63) is 11.1 Å². The maximum absolute atomic E-state index is 12.4. The number of nitrogens with zero attached hydrogens (tertiary/aromatic N) is 3. The molecule has 2 saturated heterocycles. The predicted octanol–water partition coefficient (Wildman–Crippen LogP) is -0.190. The van der Waals surface area contributed by atoms with Gasteiger partial charge in [-0.05, 0) is 0 Å². The molecule has 2 aliphatic heterocycles. The first-order valence-electron chi connectivity index (χ1n) is 7.28. The number of carboxylic acids is 1. The molecule has 3 rings (SSSR count). The van der Waals surface area contributed by atoms with E-state index in [0.717, 1.165) is 11.3 Å². The number of amides is 2. The number of nitrogens with one attached hydrogen (secondary N) is 1. The molecule has 0 aromatic carbocycles. The molecule has 3 atom stereocenters. The van der Waals surface area contributed by atoms with Crippen LogP contribution in [0.4, 0.5) is 5.13 Å². The van der Waals surface area contributed by atoms with Crippen molar-refractivity contribution in [1.82, 2.24) is 15.2 Å². The molecule has 13 heteroatoms. The Kier molecular flexibility index (Phi) is 5.30. The van der Waals surface area contributed by atoms with Crippen LogP contribution in [0.3, 0.4) is 0 Å². The second-order valence-electron chi connectivity index (χ2n) is 5.86. The van der Waals surface area contributed by atoms with Gasteiger partial charge in [-0.1, -0.05) is 27.7 Å². The molecule has 1 aromatic heterocycles. The molecule has 10 nitrogen and oxygen atoms in total. The second-order valence-corrected chi connectivity index (χ2v) is 8.62. The Morgan fingerprint density at radius 3 is 2.85 bits per heavy atom. The van der Waals surface area contributed by atoms with Crippen LogP contribution in [0.5, 0.6) is 0 Å². The monoisotopic (exact) mass is 511 g/mol. The van der Waals surface area contributed by atoms with Gasteiger partial charge < -0.3 is 26.3 Å². The minimum atomic E-state index is -0.984. The molecule has 0 spiro atoms. The number of thiazole rings is 1. The lowest BCUT2D eigenvalue weighted by Crippen LogP contribution is -2.74. The normalized spacial score (nSPS) is 28.3. The number of halogens is 1. The fourth-order valence-electron chi connectivity index (χ4n) is 2.71. The number of alkyl halides is 1. The molecular weight excluding hydrogens is 497 g/mol. The molecule has 140 valence electrons. The van der Waals surface area contributed by atoms with E-state index >= 15 is 0 Å². The Balaban J connectivity index is 1.69. The van der Waals surface area contributed by atoms with E-state index in [0.29, 0.717) is 10.2 Å². The minimum Gasteiger partial charge on any atom is -0.481 e. The highest BCUT2D eigenvalue weighted by atomic mass is 127. The number of fused-ring (bicyclic) bond motifs is 1. The number of nitrogens with two attached hydrogens (primary N) is 1. The average molecular weight is 511 g/mol. The summed E-state index contributed by atoms with van der Waals surface area (Å²) in [6.07, 6.45) is 0. The molecule has 3 heterocycles. The van der Waals surface area contributed by atoms with Gasteiger partial charge in [0, 0.05) is 22.1 Å². The lowest BCUT2D eigenvalue weighted by Gasteiger charge is -2.53. The van der Waals surface area contributed by atoms with Crippen molar-refractivity contribution < 1.29 is 24.7 Å². The summed E-state index contributed by atoms with van der Waals surface area (Å²) >= 11 is 4.41.